The van der Waals surface area contributed by atoms with Crippen LogP contribution in [0.5, 0.6) is 0 Å². The van der Waals surface area contributed by atoms with Crippen molar-refractivity contribution in [3.05, 3.63) is 76.9 Å². The van der Waals surface area contributed by atoms with E-state index in [0.29, 0.717) is 24.1 Å². The van der Waals surface area contributed by atoms with Gasteiger partial charge in [0.2, 0.25) is 0 Å². The van der Waals surface area contributed by atoms with Crippen molar-refractivity contribution >= 4 is 29.3 Å². The maximum Gasteiger partial charge on any atom is 0.321 e. The van der Waals surface area contributed by atoms with Crippen LogP contribution >= 0.6 is 0 Å². The van der Waals surface area contributed by atoms with Gasteiger partial charge >= 0.3 is 6.03 Å². The molecule has 4 amide bonds. The highest BCUT2D eigenvalue weighted by molar-refractivity contribution is 6.23. The molecule has 1 atom stereocenters. The first-order valence-corrected chi connectivity index (χ1v) is 10.5. The zero-order chi connectivity index (χ0) is 23.0. The summed E-state index contributed by atoms with van der Waals surface area (Å²) in [5, 5.41) is 2.83. The van der Waals surface area contributed by atoms with Gasteiger partial charge in [-0.25, -0.2) is 4.79 Å². The van der Waals surface area contributed by atoms with Crippen molar-refractivity contribution in [2.24, 2.45) is 0 Å². The molecular weight excluding hydrogens is 406 g/mol. The van der Waals surface area contributed by atoms with Crippen molar-refractivity contribution in [3.8, 4) is 0 Å². The van der Waals surface area contributed by atoms with Crippen molar-refractivity contribution in [1.29, 1.82) is 0 Å². The number of benzene rings is 2. The van der Waals surface area contributed by atoms with E-state index in [1.807, 2.05) is 25.1 Å². The van der Waals surface area contributed by atoms with Crippen LogP contribution in [0.4, 0.5) is 10.5 Å². The number of nitrogens with zero attached hydrogens (tertiary/aromatic N) is 2. The average Bonchev–Trinajstić information content (AvgIpc) is 2.99. The highest BCUT2D eigenvalue weighted by atomic mass is 16.2. The molecular formula is C25H25N3O4. The van der Waals surface area contributed by atoms with E-state index >= 15 is 0 Å². The predicted molar refractivity (Wildman–Crippen MR) is 120 cm³/mol. The van der Waals surface area contributed by atoms with Gasteiger partial charge in [-0.1, -0.05) is 36.4 Å². The number of aryl methyl sites for hydroxylation is 1. The largest absolute Gasteiger partial charge is 0.323 e. The van der Waals surface area contributed by atoms with Crippen LogP contribution in [0.1, 0.15) is 51.1 Å². The Morgan fingerprint density at radius 3 is 2.62 bits per heavy atom. The van der Waals surface area contributed by atoms with Gasteiger partial charge in [-0.2, -0.15) is 0 Å². The van der Waals surface area contributed by atoms with Crippen molar-refractivity contribution in [3.63, 3.8) is 0 Å². The summed E-state index contributed by atoms with van der Waals surface area (Å²) in [4.78, 5) is 54.0. The fraction of sp³-hybridized carbons (Fsp3) is 0.280. The van der Waals surface area contributed by atoms with Crippen molar-refractivity contribution in [2.75, 3.05) is 12.4 Å². The summed E-state index contributed by atoms with van der Waals surface area (Å²) in [5.41, 5.74) is 3.64. The number of carbonyl (C=O) groups is 4. The Morgan fingerprint density at radius 2 is 1.91 bits per heavy atom. The third kappa shape index (κ3) is 3.93. The molecule has 7 heteroatoms. The molecule has 0 spiro atoms. The SMILES string of the molecule is C=C1CCC(N2C(=O)c3cccc(CN(C)C(=O)Nc4cccc(C)c4)c3C2=O)C(=O)C1. The first-order valence-electron chi connectivity index (χ1n) is 10.5. The zero-order valence-corrected chi connectivity index (χ0v) is 18.2. The minimum Gasteiger partial charge on any atom is -0.323 e. The number of urea groups is 1. The zero-order valence-electron chi connectivity index (χ0n) is 18.2. The molecule has 1 heterocycles. The number of hydrogen-bond acceptors (Lipinski definition) is 4. The molecule has 2 aliphatic rings. The molecule has 32 heavy (non-hydrogen) atoms. The number of carbonyl (C=O) groups excluding carboxylic acids is 4. The van der Waals surface area contributed by atoms with Crippen molar-refractivity contribution < 1.29 is 19.2 Å². The molecule has 1 fully saturated rings. The number of hydrogen-bond donors (Lipinski definition) is 1. The lowest BCUT2D eigenvalue weighted by Crippen LogP contribution is -2.46. The van der Waals surface area contributed by atoms with Gasteiger partial charge in [0.15, 0.2) is 5.78 Å². The minimum atomic E-state index is -0.761. The van der Waals surface area contributed by atoms with E-state index in [0.717, 1.165) is 16.0 Å². The highest BCUT2D eigenvalue weighted by Crippen LogP contribution is 2.32. The lowest BCUT2D eigenvalue weighted by atomic mass is 9.89. The first kappa shape index (κ1) is 21.5. The number of rotatable bonds is 4. The number of Topliss-reactive ketones (excluding diaryl/α,β-unsaturated/α-hetero) is 1. The second-order valence-corrected chi connectivity index (χ2v) is 8.42. The Morgan fingerprint density at radius 1 is 1.16 bits per heavy atom. The van der Waals surface area contributed by atoms with E-state index in [2.05, 4.69) is 11.9 Å². The molecule has 0 bridgehead atoms. The maximum atomic E-state index is 13.2. The van der Waals surface area contributed by atoms with Gasteiger partial charge in [-0.3, -0.25) is 19.3 Å². The number of fused-ring (bicyclic) bond motifs is 1. The Hall–Kier alpha value is -3.74. The van der Waals surface area contributed by atoms with Gasteiger partial charge in [0.25, 0.3) is 11.8 Å². The smallest absolute Gasteiger partial charge is 0.321 e. The third-order valence-corrected chi connectivity index (χ3v) is 5.94. The van der Waals surface area contributed by atoms with Gasteiger partial charge in [0, 0.05) is 25.7 Å². The van der Waals surface area contributed by atoms with Crippen molar-refractivity contribution in [1.82, 2.24) is 9.80 Å². The van der Waals surface area contributed by atoms with Crippen LogP contribution in [-0.2, 0) is 11.3 Å². The lowest BCUT2D eigenvalue weighted by molar-refractivity contribution is -0.123. The Bertz CT molecular complexity index is 1150. The van der Waals surface area contributed by atoms with Crippen LogP contribution in [0.15, 0.2) is 54.6 Å². The van der Waals surface area contributed by atoms with Crippen LogP contribution in [-0.4, -0.2) is 46.5 Å². The monoisotopic (exact) mass is 431 g/mol. The summed E-state index contributed by atoms with van der Waals surface area (Å²) < 4.78 is 0. The highest BCUT2D eigenvalue weighted by Gasteiger charge is 2.44. The number of ketones is 1. The van der Waals surface area contributed by atoms with Gasteiger partial charge in [0.05, 0.1) is 17.2 Å². The second-order valence-electron chi connectivity index (χ2n) is 8.42. The standard InChI is InChI=1S/C25H25N3O4/c1-15-6-4-8-18(12-15)26-25(32)27(3)14-17-7-5-9-19-22(17)24(31)28(23(19)30)20-11-10-16(2)13-21(20)29/h4-9,12,20H,2,10-11,13-14H2,1,3H3,(H,26,32). The van der Waals surface area contributed by atoms with E-state index < -0.39 is 17.9 Å². The Kier molecular flexibility index (Phi) is 5.65. The summed E-state index contributed by atoms with van der Waals surface area (Å²) in [6, 6.07) is 11.4. The van der Waals surface area contributed by atoms with Crippen LogP contribution in [0.25, 0.3) is 0 Å². The van der Waals surface area contributed by atoms with Crippen LogP contribution < -0.4 is 5.32 Å². The number of amides is 4. The Labute approximate surface area is 186 Å². The van der Waals surface area contributed by atoms with E-state index in [-0.39, 0.29) is 35.9 Å². The minimum absolute atomic E-state index is 0.142. The van der Waals surface area contributed by atoms with Crippen LogP contribution in [0.2, 0.25) is 0 Å². The van der Waals surface area contributed by atoms with E-state index in [1.54, 1.807) is 31.3 Å². The summed E-state index contributed by atoms with van der Waals surface area (Å²) in [6.07, 6.45) is 1.20. The van der Waals surface area contributed by atoms with E-state index in [4.69, 9.17) is 0 Å². The molecule has 2 aromatic carbocycles. The molecule has 1 saturated carbocycles. The van der Waals surface area contributed by atoms with E-state index in [9.17, 15) is 19.2 Å². The number of nitrogens with one attached hydrogen (secondary N) is 1. The van der Waals surface area contributed by atoms with Gasteiger partial charge in [-0.15, -0.1) is 0 Å². The summed E-state index contributed by atoms with van der Waals surface area (Å²) in [6.45, 7) is 5.93. The van der Waals surface area contributed by atoms with Gasteiger partial charge < -0.3 is 10.2 Å². The second kappa shape index (κ2) is 8.42. The molecule has 7 nitrogen and oxygen atoms in total. The van der Waals surface area contributed by atoms with Gasteiger partial charge in [0.1, 0.15) is 0 Å². The van der Waals surface area contributed by atoms with E-state index in [1.165, 1.54) is 4.90 Å². The van der Waals surface area contributed by atoms with Crippen molar-refractivity contribution in [2.45, 2.75) is 38.8 Å². The van der Waals surface area contributed by atoms with Crippen LogP contribution in [0.3, 0.4) is 0 Å². The lowest BCUT2D eigenvalue weighted by Gasteiger charge is -2.29. The molecule has 0 aromatic heterocycles. The fourth-order valence-electron chi connectivity index (χ4n) is 4.28. The molecule has 0 saturated heterocycles. The third-order valence-electron chi connectivity index (χ3n) is 5.94. The summed E-state index contributed by atoms with van der Waals surface area (Å²) >= 11 is 0. The normalized spacial score (nSPS) is 18.1. The van der Waals surface area contributed by atoms with Crippen LogP contribution in [0, 0.1) is 6.92 Å². The molecule has 4 rings (SSSR count). The number of anilines is 1. The molecule has 1 N–H and O–H groups in total. The topological polar surface area (TPSA) is 86.8 Å². The average molecular weight is 431 g/mol. The number of imide groups is 1. The molecule has 0 radical (unpaired) electrons. The molecule has 1 aliphatic heterocycles. The number of allylic oxidation sites excluding steroid dienone is 1. The maximum absolute atomic E-state index is 13.2. The molecule has 1 unspecified atom stereocenters. The quantitative estimate of drug-likeness (QED) is 0.587. The first-order chi connectivity index (χ1) is 15.3. The molecule has 164 valence electrons. The molecule has 2 aromatic rings. The molecule has 1 aliphatic carbocycles. The van der Waals surface area contributed by atoms with Gasteiger partial charge in [-0.05, 0) is 49.1 Å². The Balaban J connectivity index is 1.54. The summed E-state index contributed by atoms with van der Waals surface area (Å²) in [5.74, 6) is -1.09. The predicted octanol–water partition coefficient (Wildman–Crippen LogP) is 3.93. The summed E-state index contributed by atoms with van der Waals surface area (Å²) in [7, 11) is 1.62. The fourth-order valence-corrected chi connectivity index (χ4v) is 4.28.